The van der Waals surface area contributed by atoms with Crippen LogP contribution in [-0.4, -0.2) is 50.7 Å². The summed E-state index contributed by atoms with van der Waals surface area (Å²) in [6.07, 6.45) is 3.20. The van der Waals surface area contributed by atoms with Gasteiger partial charge in [-0.2, -0.15) is 5.10 Å². The predicted octanol–water partition coefficient (Wildman–Crippen LogP) is 1.95. The zero-order valence-electron chi connectivity index (χ0n) is 15.1. The second-order valence-corrected chi connectivity index (χ2v) is 7.19. The van der Waals surface area contributed by atoms with Crippen molar-refractivity contribution in [2.24, 2.45) is 0 Å². The minimum absolute atomic E-state index is 0.189. The molecule has 3 aromatic heterocycles. The summed E-state index contributed by atoms with van der Waals surface area (Å²) in [7, 11) is 0. The minimum atomic E-state index is -2.77. The summed E-state index contributed by atoms with van der Waals surface area (Å²) in [5.41, 5.74) is 1.02. The van der Waals surface area contributed by atoms with E-state index >= 15 is 0 Å². The average Bonchev–Trinajstić information content (AvgIpc) is 3.46. The van der Waals surface area contributed by atoms with E-state index < -0.39 is 17.7 Å². The Kier molecular flexibility index (Phi) is 3.99. The van der Waals surface area contributed by atoms with Gasteiger partial charge >= 0.3 is 0 Å². The first-order valence-electron chi connectivity index (χ1n) is 9.32. The molecule has 1 saturated carbocycles. The number of H-pyrrole nitrogens is 1. The van der Waals surface area contributed by atoms with Crippen LogP contribution in [0.3, 0.4) is 0 Å². The van der Waals surface area contributed by atoms with Gasteiger partial charge in [0.25, 0.3) is 12.0 Å². The van der Waals surface area contributed by atoms with E-state index in [1.807, 2.05) is 15.6 Å². The van der Waals surface area contributed by atoms with Crippen molar-refractivity contribution < 1.29 is 8.78 Å². The molecule has 3 aromatic rings. The van der Waals surface area contributed by atoms with Gasteiger partial charge in [-0.15, -0.1) is 0 Å². The van der Waals surface area contributed by atoms with Crippen molar-refractivity contribution in [2.75, 3.05) is 36.0 Å². The van der Waals surface area contributed by atoms with E-state index in [-0.39, 0.29) is 5.95 Å². The minimum Gasteiger partial charge on any atom is -0.351 e. The van der Waals surface area contributed by atoms with Gasteiger partial charge in [0.15, 0.2) is 5.82 Å². The summed E-state index contributed by atoms with van der Waals surface area (Å²) >= 11 is 0. The topological polar surface area (TPSA) is 82.4 Å². The van der Waals surface area contributed by atoms with Crippen LogP contribution in [0.1, 0.15) is 36.6 Å². The lowest BCUT2D eigenvalue weighted by atomic mass is 10.2. The van der Waals surface area contributed by atoms with Crippen LogP contribution in [0.25, 0.3) is 5.52 Å². The molecule has 0 spiro atoms. The molecule has 0 radical (unpaired) electrons. The number of halogens is 2. The molecule has 0 atom stereocenters. The Balaban J connectivity index is 1.36. The van der Waals surface area contributed by atoms with Gasteiger partial charge in [-0.25, -0.2) is 23.3 Å². The van der Waals surface area contributed by atoms with Crippen LogP contribution in [0.4, 0.5) is 20.5 Å². The molecule has 146 valence electrons. The zero-order valence-corrected chi connectivity index (χ0v) is 15.1. The molecule has 10 heteroatoms. The number of hydrogen-bond donors (Lipinski definition) is 1. The van der Waals surface area contributed by atoms with Crippen molar-refractivity contribution in [1.29, 1.82) is 0 Å². The Bertz CT molecular complexity index is 1070. The smallest absolute Gasteiger partial charge is 0.280 e. The fourth-order valence-electron chi connectivity index (χ4n) is 3.60. The second kappa shape index (κ2) is 6.54. The monoisotopic (exact) mass is 387 g/mol. The van der Waals surface area contributed by atoms with Gasteiger partial charge in [0.2, 0.25) is 5.95 Å². The molecule has 5 rings (SSSR count). The number of fused-ring (bicyclic) bond motifs is 1. The summed E-state index contributed by atoms with van der Waals surface area (Å²) in [6.45, 7) is 2.36. The first-order chi connectivity index (χ1) is 13.6. The van der Waals surface area contributed by atoms with Crippen LogP contribution in [0, 0.1) is 0 Å². The van der Waals surface area contributed by atoms with Crippen LogP contribution in [0.5, 0.6) is 0 Å². The first kappa shape index (κ1) is 17.1. The molecule has 2 fully saturated rings. The van der Waals surface area contributed by atoms with Crippen molar-refractivity contribution in [3.05, 3.63) is 46.3 Å². The predicted molar refractivity (Wildman–Crippen MR) is 99.2 cm³/mol. The van der Waals surface area contributed by atoms with Crippen molar-refractivity contribution in [3.63, 3.8) is 0 Å². The highest BCUT2D eigenvalue weighted by Gasteiger charge is 2.28. The third-order valence-corrected chi connectivity index (χ3v) is 5.24. The summed E-state index contributed by atoms with van der Waals surface area (Å²) in [6, 6.07) is 2.95. The maximum absolute atomic E-state index is 12.9. The summed E-state index contributed by atoms with van der Waals surface area (Å²) in [4.78, 5) is 26.6. The van der Waals surface area contributed by atoms with Crippen LogP contribution in [-0.2, 0) is 0 Å². The number of anilines is 2. The summed E-state index contributed by atoms with van der Waals surface area (Å²) in [5.74, 6) is 1.62. The van der Waals surface area contributed by atoms with Crippen molar-refractivity contribution in [1.82, 2.24) is 24.6 Å². The highest BCUT2D eigenvalue weighted by molar-refractivity contribution is 5.69. The van der Waals surface area contributed by atoms with Crippen LogP contribution in [0.2, 0.25) is 0 Å². The number of piperazine rings is 1. The fourth-order valence-corrected chi connectivity index (χ4v) is 3.60. The van der Waals surface area contributed by atoms with Crippen molar-refractivity contribution in [2.45, 2.75) is 25.2 Å². The van der Waals surface area contributed by atoms with E-state index in [9.17, 15) is 13.6 Å². The third-order valence-electron chi connectivity index (χ3n) is 5.24. The second-order valence-electron chi connectivity index (χ2n) is 7.19. The number of alkyl halides is 2. The maximum atomic E-state index is 12.9. The average molecular weight is 387 g/mol. The van der Waals surface area contributed by atoms with Gasteiger partial charge in [-0.05, 0) is 18.9 Å². The van der Waals surface area contributed by atoms with Crippen molar-refractivity contribution >= 4 is 17.3 Å². The molecule has 4 heterocycles. The molecular weight excluding hydrogens is 368 g/mol. The van der Waals surface area contributed by atoms with Crippen molar-refractivity contribution in [3.8, 4) is 0 Å². The summed E-state index contributed by atoms with van der Waals surface area (Å²) in [5, 5.41) is 4.65. The lowest BCUT2D eigenvalue weighted by Gasteiger charge is -2.35. The van der Waals surface area contributed by atoms with E-state index in [2.05, 4.69) is 31.0 Å². The van der Waals surface area contributed by atoms with E-state index in [4.69, 9.17) is 0 Å². The Hall–Kier alpha value is -3.04. The molecule has 0 amide bonds. The summed E-state index contributed by atoms with van der Waals surface area (Å²) < 4.78 is 27.7. The zero-order chi connectivity index (χ0) is 19.3. The van der Waals surface area contributed by atoms with Crippen LogP contribution >= 0.6 is 0 Å². The van der Waals surface area contributed by atoms with Crippen LogP contribution in [0.15, 0.2) is 29.3 Å². The molecule has 8 nitrogen and oxygen atoms in total. The number of aromatic amines is 1. The lowest BCUT2D eigenvalue weighted by Crippen LogP contribution is -2.48. The van der Waals surface area contributed by atoms with Gasteiger partial charge in [0, 0.05) is 50.6 Å². The highest BCUT2D eigenvalue weighted by atomic mass is 19.3. The molecule has 1 aliphatic heterocycles. The molecule has 0 aromatic carbocycles. The molecule has 1 N–H and O–H groups in total. The maximum Gasteiger partial charge on any atom is 0.280 e. The Morgan fingerprint density at radius 3 is 2.57 bits per heavy atom. The largest absolute Gasteiger partial charge is 0.351 e. The number of nitrogens with zero attached hydrogens (tertiary/aromatic N) is 6. The SMILES string of the molecule is O=c1cc(C(F)F)nc(N2CCN(c3nccn4nc(C5CC5)cc34)CC2)[nH]1. The van der Waals surface area contributed by atoms with Crippen LogP contribution < -0.4 is 15.4 Å². The van der Waals surface area contributed by atoms with Gasteiger partial charge < -0.3 is 9.80 Å². The molecule has 0 bridgehead atoms. The number of rotatable bonds is 4. The highest BCUT2D eigenvalue weighted by Crippen LogP contribution is 2.40. The van der Waals surface area contributed by atoms with E-state index in [1.54, 1.807) is 6.20 Å². The Morgan fingerprint density at radius 1 is 1.11 bits per heavy atom. The van der Waals surface area contributed by atoms with Gasteiger partial charge in [0.1, 0.15) is 11.2 Å². The molecule has 2 aliphatic rings. The lowest BCUT2D eigenvalue weighted by molar-refractivity contribution is 0.146. The molecule has 0 unspecified atom stereocenters. The normalized spacial score (nSPS) is 17.7. The quantitative estimate of drug-likeness (QED) is 0.737. The van der Waals surface area contributed by atoms with E-state index in [1.165, 1.54) is 12.8 Å². The van der Waals surface area contributed by atoms with Gasteiger partial charge in [-0.3, -0.25) is 9.78 Å². The Morgan fingerprint density at radius 2 is 1.86 bits per heavy atom. The fraction of sp³-hybridized carbons (Fsp3) is 0.444. The number of aromatic nitrogens is 5. The van der Waals surface area contributed by atoms with E-state index in [0.717, 1.165) is 23.1 Å². The van der Waals surface area contributed by atoms with Gasteiger partial charge in [0.05, 0.1) is 5.69 Å². The number of nitrogens with one attached hydrogen (secondary N) is 1. The third kappa shape index (κ3) is 3.08. The Labute approximate surface area is 158 Å². The molecular formula is C18H19F2N7O. The number of hydrogen-bond acceptors (Lipinski definition) is 6. The molecule has 28 heavy (non-hydrogen) atoms. The van der Waals surface area contributed by atoms with Gasteiger partial charge in [-0.1, -0.05) is 0 Å². The molecule has 1 aliphatic carbocycles. The van der Waals surface area contributed by atoms with E-state index in [0.29, 0.717) is 32.1 Å². The first-order valence-corrected chi connectivity index (χ1v) is 9.32. The molecule has 1 saturated heterocycles. The standard InChI is InChI=1S/C18H19F2N7O/c19-16(20)13-10-15(28)23-18(22-13)26-7-5-25(6-8-26)17-14-9-12(11-1-2-11)24-27(14)4-3-21-17/h3-4,9-11,16H,1-2,5-8H2,(H,22,23,28).